The van der Waals surface area contributed by atoms with Crippen molar-refractivity contribution in [2.75, 3.05) is 7.11 Å². The van der Waals surface area contributed by atoms with Crippen LogP contribution in [-0.4, -0.2) is 34.1 Å². The van der Waals surface area contributed by atoms with Gasteiger partial charge in [0.05, 0.1) is 18.6 Å². The van der Waals surface area contributed by atoms with Gasteiger partial charge in [-0.1, -0.05) is 29.8 Å². The summed E-state index contributed by atoms with van der Waals surface area (Å²) in [6.07, 6.45) is 4.59. The standard InChI is InChI=1S/C19H25N3O3/c1-13-3-5-14(6-4-13)11-16(18(25-2)12-19(23)21-24)17-9-10-20-22(17)15-7-8-15/h3-6,9-10,15-16,18,24H,7-8,11-12H2,1-2H3,(H,21,23)/t16-,18-/m1/s1. The fourth-order valence-corrected chi connectivity index (χ4v) is 3.27. The average molecular weight is 343 g/mol. The summed E-state index contributed by atoms with van der Waals surface area (Å²) in [5.41, 5.74) is 5.19. The largest absolute Gasteiger partial charge is 0.380 e. The van der Waals surface area contributed by atoms with Gasteiger partial charge >= 0.3 is 0 Å². The first-order valence-electron chi connectivity index (χ1n) is 8.67. The van der Waals surface area contributed by atoms with Crippen LogP contribution in [0, 0.1) is 6.92 Å². The van der Waals surface area contributed by atoms with E-state index in [2.05, 4.69) is 41.0 Å². The zero-order valence-corrected chi connectivity index (χ0v) is 14.7. The molecule has 1 amide bonds. The van der Waals surface area contributed by atoms with E-state index in [0.29, 0.717) is 6.04 Å². The lowest BCUT2D eigenvalue weighted by atomic mass is 9.88. The number of aromatic nitrogens is 2. The first kappa shape index (κ1) is 17.6. The van der Waals surface area contributed by atoms with Gasteiger partial charge in [-0.25, -0.2) is 5.48 Å². The molecule has 1 aromatic heterocycles. The number of ether oxygens (including phenoxy) is 1. The normalized spacial score (nSPS) is 16.4. The van der Waals surface area contributed by atoms with Gasteiger partial charge in [0.15, 0.2) is 0 Å². The Balaban J connectivity index is 1.90. The molecule has 6 nitrogen and oxygen atoms in total. The van der Waals surface area contributed by atoms with E-state index in [0.717, 1.165) is 25.0 Å². The molecule has 0 spiro atoms. The van der Waals surface area contributed by atoms with Crippen LogP contribution in [0.4, 0.5) is 0 Å². The fraction of sp³-hybridized carbons (Fsp3) is 0.474. The van der Waals surface area contributed by atoms with Gasteiger partial charge in [0.2, 0.25) is 5.91 Å². The molecule has 2 atom stereocenters. The van der Waals surface area contributed by atoms with Crippen molar-refractivity contribution in [3.63, 3.8) is 0 Å². The number of hydroxylamine groups is 1. The topological polar surface area (TPSA) is 76.4 Å². The number of aryl methyl sites for hydroxylation is 1. The van der Waals surface area contributed by atoms with Gasteiger partial charge in [-0.05, 0) is 37.8 Å². The Bertz CT molecular complexity index is 707. The van der Waals surface area contributed by atoms with Gasteiger partial charge in [-0.15, -0.1) is 0 Å². The minimum Gasteiger partial charge on any atom is -0.380 e. The van der Waals surface area contributed by atoms with Crippen molar-refractivity contribution in [1.29, 1.82) is 0 Å². The molecule has 1 fully saturated rings. The smallest absolute Gasteiger partial charge is 0.245 e. The fourth-order valence-electron chi connectivity index (χ4n) is 3.27. The molecule has 0 aliphatic heterocycles. The minimum absolute atomic E-state index is 0.0203. The number of methoxy groups -OCH3 is 1. The summed E-state index contributed by atoms with van der Waals surface area (Å²) in [7, 11) is 1.61. The molecule has 0 radical (unpaired) electrons. The second kappa shape index (κ2) is 7.80. The molecule has 2 aromatic rings. The number of nitrogens with one attached hydrogen (secondary N) is 1. The molecule has 6 heteroatoms. The molecule has 2 N–H and O–H groups in total. The Morgan fingerprint density at radius 3 is 2.68 bits per heavy atom. The van der Waals surface area contributed by atoms with E-state index < -0.39 is 5.91 Å². The Labute approximate surface area is 147 Å². The lowest BCUT2D eigenvalue weighted by molar-refractivity contribution is -0.132. The molecular formula is C19H25N3O3. The Hall–Kier alpha value is -2.18. The molecule has 1 aliphatic rings. The van der Waals surface area contributed by atoms with E-state index in [9.17, 15) is 4.79 Å². The maximum atomic E-state index is 11.7. The minimum atomic E-state index is -0.446. The van der Waals surface area contributed by atoms with Crippen LogP contribution in [0.5, 0.6) is 0 Å². The molecule has 0 bridgehead atoms. The zero-order valence-electron chi connectivity index (χ0n) is 14.7. The molecule has 1 aromatic carbocycles. The predicted molar refractivity (Wildman–Crippen MR) is 93.5 cm³/mol. The molecule has 0 saturated heterocycles. The van der Waals surface area contributed by atoms with Crippen molar-refractivity contribution >= 4 is 5.91 Å². The van der Waals surface area contributed by atoms with Gasteiger partial charge in [0.25, 0.3) is 0 Å². The summed E-state index contributed by atoms with van der Waals surface area (Å²) in [4.78, 5) is 11.7. The van der Waals surface area contributed by atoms with Crippen molar-refractivity contribution in [3.8, 4) is 0 Å². The molecule has 1 saturated carbocycles. The number of carbonyl (C=O) groups is 1. The maximum Gasteiger partial charge on any atom is 0.245 e. The number of benzene rings is 1. The van der Waals surface area contributed by atoms with Gasteiger partial charge in [-0.3, -0.25) is 14.7 Å². The van der Waals surface area contributed by atoms with Crippen molar-refractivity contribution < 1.29 is 14.7 Å². The molecule has 3 rings (SSSR count). The van der Waals surface area contributed by atoms with Crippen LogP contribution < -0.4 is 5.48 Å². The number of amides is 1. The van der Waals surface area contributed by atoms with Crippen molar-refractivity contribution in [3.05, 3.63) is 53.3 Å². The maximum absolute atomic E-state index is 11.7. The highest BCUT2D eigenvalue weighted by Crippen LogP contribution is 2.38. The van der Waals surface area contributed by atoms with E-state index in [1.807, 2.05) is 12.3 Å². The van der Waals surface area contributed by atoms with Crippen molar-refractivity contribution in [2.45, 2.75) is 50.7 Å². The van der Waals surface area contributed by atoms with Gasteiger partial charge in [0.1, 0.15) is 0 Å². The summed E-state index contributed by atoms with van der Waals surface area (Å²) >= 11 is 0. The molecule has 134 valence electrons. The number of rotatable bonds is 8. The number of hydrogen-bond acceptors (Lipinski definition) is 4. The number of nitrogens with zero attached hydrogens (tertiary/aromatic N) is 2. The van der Waals surface area contributed by atoms with E-state index in [1.54, 1.807) is 12.6 Å². The molecule has 0 unspecified atom stereocenters. The third-order valence-electron chi connectivity index (χ3n) is 4.81. The van der Waals surface area contributed by atoms with E-state index in [4.69, 9.17) is 9.94 Å². The molecule has 1 heterocycles. The summed E-state index contributed by atoms with van der Waals surface area (Å²) in [6, 6.07) is 10.9. The summed E-state index contributed by atoms with van der Waals surface area (Å²) in [6.45, 7) is 2.06. The van der Waals surface area contributed by atoms with Crippen LogP contribution in [-0.2, 0) is 16.0 Å². The molecule has 25 heavy (non-hydrogen) atoms. The lowest BCUT2D eigenvalue weighted by Crippen LogP contribution is -2.32. The van der Waals surface area contributed by atoms with Crippen LogP contribution in [0.1, 0.15) is 48.0 Å². The van der Waals surface area contributed by atoms with E-state index >= 15 is 0 Å². The average Bonchev–Trinajstić information content (AvgIpc) is 3.36. The second-order valence-corrected chi connectivity index (χ2v) is 6.74. The number of hydrogen-bond donors (Lipinski definition) is 2. The third-order valence-corrected chi connectivity index (χ3v) is 4.81. The molecule has 1 aliphatic carbocycles. The highest BCUT2D eigenvalue weighted by molar-refractivity contribution is 5.75. The Morgan fingerprint density at radius 1 is 1.36 bits per heavy atom. The Morgan fingerprint density at radius 2 is 2.08 bits per heavy atom. The molecular weight excluding hydrogens is 318 g/mol. The Kier molecular flexibility index (Phi) is 5.50. The highest BCUT2D eigenvalue weighted by atomic mass is 16.5. The van der Waals surface area contributed by atoms with Crippen LogP contribution in [0.3, 0.4) is 0 Å². The predicted octanol–water partition coefficient (Wildman–Crippen LogP) is 2.76. The zero-order chi connectivity index (χ0) is 17.8. The highest BCUT2D eigenvalue weighted by Gasteiger charge is 2.33. The first-order chi connectivity index (χ1) is 12.1. The van der Waals surface area contributed by atoms with Crippen LogP contribution in [0.15, 0.2) is 36.5 Å². The summed E-state index contributed by atoms with van der Waals surface area (Å²) < 4.78 is 7.72. The van der Waals surface area contributed by atoms with E-state index in [1.165, 1.54) is 11.1 Å². The van der Waals surface area contributed by atoms with Crippen LogP contribution in [0.25, 0.3) is 0 Å². The van der Waals surface area contributed by atoms with Crippen molar-refractivity contribution in [1.82, 2.24) is 15.3 Å². The number of carbonyl (C=O) groups excluding carboxylic acids is 1. The van der Waals surface area contributed by atoms with Crippen LogP contribution in [0.2, 0.25) is 0 Å². The first-order valence-corrected chi connectivity index (χ1v) is 8.67. The van der Waals surface area contributed by atoms with E-state index in [-0.39, 0.29) is 18.4 Å². The second-order valence-electron chi connectivity index (χ2n) is 6.74. The van der Waals surface area contributed by atoms with Crippen LogP contribution >= 0.6 is 0 Å². The van der Waals surface area contributed by atoms with Gasteiger partial charge < -0.3 is 4.74 Å². The SMILES string of the molecule is CO[C@H](CC(=O)NO)[C@H](Cc1ccc(C)cc1)c1ccnn1C1CC1. The van der Waals surface area contributed by atoms with Crippen molar-refractivity contribution in [2.24, 2.45) is 0 Å². The van der Waals surface area contributed by atoms with Gasteiger partial charge in [-0.2, -0.15) is 5.10 Å². The summed E-state index contributed by atoms with van der Waals surface area (Å²) in [5.74, 6) is -0.466. The lowest BCUT2D eigenvalue weighted by Gasteiger charge is -2.26. The monoisotopic (exact) mass is 343 g/mol. The quantitative estimate of drug-likeness (QED) is 0.571. The third kappa shape index (κ3) is 4.27. The van der Waals surface area contributed by atoms with Gasteiger partial charge in [0, 0.05) is 24.9 Å². The summed E-state index contributed by atoms with van der Waals surface area (Å²) in [5, 5.41) is 13.4.